The van der Waals surface area contributed by atoms with Gasteiger partial charge in [0.1, 0.15) is 12.1 Å². The number of carbonyl (C=O) groups is 2. The molecule has 2 rings (SSSR count). The van der Waals surface area contributed by atoms with Crippen molar-refractivity contribution >= 4 is 11.8 Å². The van der Waals surface area contributed by atoms with Crippen molar-refractivity contribution in [3.8, 4) is 0 Å². The zero-order valence-electron chi connectivity index (χ0n) is 14.1. The van der Waals surface area contributed by atoms with E-state index in [1.165, 1.54) is 12.8 Å². The molecule has 4 nitrogen and oxygen atoms in total. The van der Waals surface area contributed by atoms with Crippen molar-refractivity contribution in [1.82, 2.24) is 10.2 Å². The molecule has 0 spiro atoms. The van der Waals surface area contributed by atoms with Gasteiger partial charge in [-0.2, -0.15) is 0 Å². The number of hydrogen-bond acceptors (Lipinski definition) is 2. The van der Waals surface area contributed by atoms with Crippen LogP contribution < -0.4 is 5.32 Å². The molecular weight excluding hydrogens is 264 g/mol. The minimum atomic E-state index is -0.319. The van der Waals surface area contributed by atoms with E-state index in [1.54, 1.807) is 0 Å². The summed E-state index contributed by atoms with van der Waals surface area (Å²) < 4.78 is 0. The fourth-order valence-corrected chi connectivity index (χ4v) is 3.54. The highest BCUT2D eigenvalue weighted by Gasteiger charge is 2.51. The van der Waals surface area contributed by atoms with Gasteiger partial charge in [0.15, 0.2) is 0 Å². The number of nitrogens with one attached hydrogen (secondary N) is 1. The molecule has 2 atom stereocenters. The lowest BCUT2D eigenvalue weighted by molar-refractivity contribution is -0.152. The molecule has 0 bridgehead atoms. The average Bonchev–Trinajstić information content (AvgIpc) is 3.16. The molecular formula is C17H30N2O2. The predicted molar refractivity (Wildman–Crippen MR) is 83.7 cm³/mol. The minimum Gasteiger partial charge on any atom is -0.342 e. The van der Waals surface area contributed by atoms with Crippen LogP contribution in [0.4, 0.5) is 0 Å². The van der Waals surface area contributed by atoms with E-state index < -0.39 is 0 Å². The molecule has 1 heterocycles. The monoisotopic (exact) mass is 294 g/mol. The Morgan fingerprint density at radius 1 is 1.24 bits per heavy atom. The molecule has 2 unspecified atom stereocenters. The Bertz CT molecular complexity index is 413. The summed E-state index contributed by atoms with van der Waals surface area (Å²) in [5, 5.41) is 2.93. The van der Waals surface area contributed by atoms with Crippen LogP contribution >= 0.6 is 0 Å². The molecule has 1 saturated carbocycles. The molecule has 1 aliphatic heterocycles. The van der Waals surface area contributed by atoms with Crippen LogP contribution in [0.15, 0.2) is 0 Å². The molecule has 1 N–H and O–H groups in total. The molecule has 0 aromatic heterocycles. The first-order chi connectivity index (χ1) is 9.82. The van der Waals surface area contributed by atoms with Crippen molar-refractivity contribution in [2.24, 2.45) is 17.3 Å². The third-order valence-corrected chi connectivity index (χ3v) is 5.31. The highest BCUT2D eigenvalue weighted by Crippen LogP contribution is 2.52. The van der Waals surface area contributed by atoms with Crippen molar-refractivity contribution in [3.05, 3.63) is 0 Å². The summed E-state index contributed by atoms with van der Waals surface area (Å²) in [6.07, 6.45) is 4.01. The Hall–Kier alpha value is -1.06. The second-order valence-electron chi connectivity index (χ2n) is 7.52. The van der Waals surface area contributed by atoms with Gasteiger partial charge >= 0.3 is 0 Å². The van der Waals surface area contributed by atoms with Crippen LogP contribution in [0.3, 0.4) is 0 Å². The van der Waals surface area contributed by atoms with E-state index >= 15 is 0 Å². The minimum absolute atomic E-state index is 0.0302. The Balaban J connectivity index is 2.22. The van der Waals surface area contributed by atoms with Gasteiger partial charge in [-0.3, -0.25) is 9.59 Å². The third kappa shape index (κ3) is 3.09. The van der Waals surface area contributed by atoms with Crippen LogP contribution in [-0.4, -0.2) is 35.3 Å². The lowest BCUT2D eigenvalue weighted by Crippen LogP contribution is -2.65. The number of carbonyl (C=O) groups excluding carboxylic acids is 2. The van der Waals surface area contributed by atoms with Gasteiger partial charge in [-0.15, -0.1) is 0 Å². The summed E-state index contributed by atoms with van der Waals surface area (Å²) in [4.78, 5) is 27.2. The maximum Gasteiger partial charge on any atom is 0.245 e. The van der Waals surface area contributed by atoms with E-state index in [4.69, 9.17) is 0 Å². The van der Waals surface area contributed by atoms with Crippen LogP contribution in [0.5, 0.6) is 0 Å². The van der Waals surface area contributed by atoms with Crippen LogP contribution in [0.2, 0.25) is 0 Å². The second kappa shape index (κ2) is 5.98. The molecule has 1 saturated heterocycles. The van der Waals surface area contributed by atoms with Gasteiger partial charge in [0.25, 0.3) is 0 Å². The standard InChI is InChI=1S/C17H30N2O2/c1-6-7-13-16(21)19(10-17(8-9-17)12(4)5)14(11(2)3)15(20)18-13/h11-14H,6-10H2,1-5H3,(H,18,20). The Morgan fingerprint density at radius 3 is 2.29 bits per heavy atom. The first-order valence-corrected chi connectivity index (χ1v) is 8.43. The van der Waals surface area contributed by atoms with Crippen molar-refractivity contribution < 1.29 is 9.59 Å². The summed E-state index contributed by atoms with van der Waals surface area (Å²) in [5.41, 5.74) is 0.247. The van der Waals surface area contributed by atoms with Crippen LogP contribution in [0.1, 0.15) is 60.3 Å². The van der Waals surface area contributed by atoms with Crippen molar-refractivity contribution in [1.29, 1.82) is 0 Å². The first-order valence-electron chi connectivity index (χ1n) is 8.43. The zero-order chi connectivity index (χ0) is 15.8. The predicted octanol–water partition coefficient (Wildman–Crippen LogP) is 2.57. The summed E-state index contributed by atoms with van der Waals surface area (Å²) in [6, 6.07) is -0.623. The van der Waals surface area contributed by atoms with Crippen LogP contribution in [-0.2, 0) is 9.59 Å². The summed E-state index contributed by atoms with van der Waals surface area (Å²) in [6.45, 7) is 11.3. The van der Waals surface area contributed by atoms with Crippen LogP contribution in [0.25, 0.3) is 0 Å². The number of hydrogen-bond donors (Lipinski definition) is 1. The Kier molecular flexibility index (Phi) is 4.64. The van der Waals surface area contributed by atoms with E-state index in [-0.39, 0.29) is 35.2 Å². The van der Waals surface area contributed by atoms with Gasteiger partial charge in [0.2, 0.25) is 11.8 Å². The Morgan fingerprint density at radius 2 is 1.86 bits per heavy atom. The summed E-state index contributed by atoms with van der Waals surface area (Å²) >= 11 is 0. The summed E-state index contributed by atoms with van der Waals surface area (Å²) in [7, 11) is 0. The molecule has 0 aromatic rings. The lowest BCUT2D eigenvalue weighted by atomic mass is 9.88. The molecule has 120 valence electrons. The lowest BCUT2D eigenvalue weighted by Gasteiger charge is -2.43. The third-order valence-electron chi connectivity index (χ3n) is 5.31. The van der Waals surface area contributed by atoms with E-state index in [2.05, 4.69) is 26.1 Å². The Labute approximate surface area is 128 Å². The van der Waals surface area contributed by atoms with E-state index in [0.29, 0.717) is 5.92 Å². The fraction of sp³-hybridized carbons (Fsp3) is 0.882. The van der Waals surface area contributed by atoms with Crippen molar-refractivity contribution in [2.75, 3.05) is 6.54 Å². The molecule has 0 radical (unpaired) electrons. The molecule has 4 heteroatoms. The maximum atomic E-state index is 12.8. The number of amides is 2. The SMILES string of the molecule is CCCC1NC(=O)C(C(C)C)N(CC2(C(C)C)CC2)C1=O. The maximum absolute atomic E-state index is 12.8. The smallest absolute Gasteiger partial charge is 0.245 e. The van der Waals surface area contributed by atoms with Gasteiger partial charge in [-0.1, -0.05) is 41.0 Å². The molecule has 2 fully saturated rings. The molecule has 2 amide bonds. The second-order valence-corrected chi connectivity index (χ2v) is 7.52. The number of nitrogens with zero attached hydrogens (tertiary/aromatic N) is 1. The van der Waals surface area contributed by atoms with E-state index in [1.807, 2.05) is 18.7 Å². The fourth-order valence-electron chi connectivity index (χ4n) is 3.54. The largest absolute Gasteiger partial charge is 0.342 e. The normalized spacial score (nSPS) is 28.2. The zero-order valence-corrected chi connectivity index (χ0v) is 14.1. The first kappa shape index (κ1) is 16.3. The van der Waals surface area contributed by atoms with Gasteiger partial charge in [0.05, 0.1) is 0 Å². The summed E-state index contributed by atoms with van der Waals surface area (Å²) in [5.74, 6) is 0.872. The van der Waals surface area contributed by atoms with Gasteiger partial charge in [0, 0.05) is 6.54 Å². The van der Waals surface area contributed by atoms with E-state index in [9.17, 15) is 9.59 Å². The highest BCUT2D eigenvalue weighted by molar-refractivity contribution is 5.97. The van der Waals surface area contributed by atoms with Crippen molar-refractivity contribution in [3.63, 3.8) is 0 Å². The number of piperazine rings is 1. The van der Waals surface area contributed by atoms with Crippen molar-refractivity contribution in [2.45, 2.75) is 72.4 Å². The van der Waals surface area contributed by atoms with Crippen LogP contribution in [0, 0.1) is 17.3 Å². The van der Waals surface area contributed by atoms with E-state index in [0.717, 1.165) is 19.4 Å². The molecule has 0 aromatic carbocycles. The molecule has 21 heavy (non-hydrogen) atoms. The van der Waals surface area contributed by atoms with Gasteiger partial charge < -0.3 is 10.2 Å². The quantitative estimate of drug-likeness (QED) is 0.818. The van der Waals surface area contributed by atoms with Gasteiger partial charge in [-0.05, 0) is 36.5 Å². The highest BCUT2D eigenvalue weighted by atomic mass is 16.2. The molecule has 1 aliphatic carbocycles. The molecule has 2 aliphatic rings. The average molecular weight is 294 g/mol. The number of rotatable bonds is 6. The van der Waals surface area contributed by atoms with Gasteiger partial charge in [-0.25, -0.2) is 0 Å². The topological polar surface area (TPSA) is 49.4 Å².